The largest absolute Gasteiger partial charge is 0.445 e. The first-order valence-corrected chi connectivity index (χ1v) is 7.88. The Bertz CT molecular complexity index is 471. The van der Waals surface area contributed by atoms with Crippen LogP contribution in [0.15, 0.2) is 30.3 Å². The molecule has 1 aliphatic carbocycles. The monoisotopic (exact) mass is 291 g/mol. The van der Waals surface area contributed by atoms with Crippen LogP contribution in [0.4, 0.5) is 4.79 Å². The highest BCUT2D eigenvalue weighted by molar-refractivity contribution is 7.81. The first-order chi connectivity index (χ1) is 9.70. The Morgan fingerprint density at radius 1 is 1.30 bits per heavy atom. The molecule has 1 aromatic rings. The molecule has 4 heteroatoms. The van der Waals surface area contributed by atoms with Crippen molar-refractivity contribution in [3.8, 4) is 0 Å². The van der Waals surface area contributed by atoms with Crippen molar-refractivity contribution in [2.75, 3.05) is 6.54 Å². The fourth-order valence-electron chi connectivity index (χ4n) is 3.59. The third kappa shape index (κ3) is 2.66. The van der Waals surface area contributed by atoms with E-state index in [1.807, 2.05) is 35.2 Å². The first-order valence-electron chi connectivity index (χ1n) is 7.36. The maximum Gasteiger partial charge on any atom is 0.410 e. The topological polar surface area (TPSA) is 29.5 Å². The van der Waals surface area contributed by atoms with E-state index in [-0.39, 0.29) is 16.9 Å². The minimum absolute atomic E-state index is 0.0280. The van der Waals surface area contributed by atoms with Crippen molar-refractivity contribution in [1.82, 2.24) is 4.90 Å². The minimum Gasteiger partial charge on any atom is -0.445 e. The van der Waals surface area contributed by atoms with E-state index in [0.29, 0.717) is 6.61 Å². The van der Waals surface area contributed by atoms with Crippen LogP contribution in [0, 0.1) is 0 Å². The Kier molecular flexibility index (Phi) is 3.92. The quantitative estimate of drug-likeness (QED) is 0.843. The number of nitrogens with zero attached hydrogens (tertiary/aromatic N) is 1. The van der Waals surface area contributed by atoms with Gasteiger partial charge in [0, 0.05) is 17.3 Å². The summed E-state index contributed by atoms with van der Waals surface area (Å²) in [5.74, 6) is 0. The number of benzene rings is 1. The van der Waals surface area contributed by atoms with Crippen molar-refractivity contribution in [1.29, 1.82) is 0 Å². The molecule has 3 rings (SSSR count). The zero-order valence-corrected chi connectivity index (χ0v) is 12.5. The molecule has 1 aliphatic heterocycles. The predicted molar refractivity (Wildman–Crippen MR) is 81.9 cm³/mol. The average Bonchev–Trinajstić information content (AvgIpc) is 3.05. The molecule has 1 aromatic carbocycles. The summed E-state index contributed by atoms with van der Waals surface area (Å²) in [6.45, 7) is 1.07. The molecule has 1 amide bonds. The molecule has 0 N–H and O–H groups in total. The molecule has 3 nitrogen and oxygen atoms in total. The van der Waals surface area contributed by atoms with Gasteiger partial charge in [-0.1, -0.05) is 43.2 Å². The standard InChI is InChI=1S/C16H21NO2S/c18-15(19-12-13-6-2-1-3-7-13)17-11-14(20)10-16(17)8-4-5-9-16/h1-3,6-7,14,20H,4-5,8-12H2. The Morgan fingerprint density at radius 2 is 2.00 bits per heavy atom. The van der Waals surface area contributed by atoms with Crippen LogP contribution in [-0.2, 0) is 11.3 Å². The second-order valence-corrected chi connectivity index (χ2v) is 6.67. The maximum absolute atomic E-state index is 12.4. The lowest BCUT2D eigenvalue weighted by molar-refractivity contribution is 0.0664. The number of likely N-dealkylation sites (tertiary alicyclic amines) is 1. The van der Waals surface area contributed by atoms with Crippen LogP contribution in [0.25, 0.3) is 0 Å². The Labute approximate surface area is 125 Å². The van der Waals surface area contributed by atoms with Crippen LogP contribution in [0.2, 0.25) is 0 Å². The molecule has 2 aliphatic rings. The second kappa shape index (κ2) is 5.68. The van der Waals surface area contributed by atoms with Crippen LogP contribution in [-0.4, -0.2) is 28.3 Å². The van der Waals surface area contributed by atoms with Gasteiger partial charge in [0.1, 0.15) is 6.61 Å². The summed E-state index contributed by atoms with van der Waals surface area (Å²) in [5.41, 5.74) is 1.06. The van der Waals surface area contributed by atoms with Crippen LogP contribution in [0.1, 0.15) is 37.7 Å². The van der Waals surface area contributed by atoms with E-state index < -0.39 is 0 Å². The summed E-state index contributed by atoms with van der Waals surface area (Å²) in [4.78, 5) is 14.3. The SMILES string of the molecule is O=C(OCc1ccccc1)N1CC(S)CC12CCCC2. The summed E-state index contributed by atoms with van der Waals surface area (Å²) in [5, 5.41) is 0.289. The van der Waals surface area contributed by atoms with Gasteiger partial charge in [-0.15, -0.1) is 0 Å². The second-order valence-electron chi connectivity index (χ2n) is 5.94. The van der Waals surface area contributed by atoms with Gasteiger partial charge >= 0.3 is 6.09 Å². The van der Waals surface area contributed by atoms with Crippen LogP contribution < -0.4 is 0 Å². The van der Waals surface area contributed by atoms with E-state index in [1.54, 1.807) is 0 Å². The zero-order chi connectivity index (χ0) is 14.0. The van der Waals surface area contributed by atoms with E-state index >= 15 is 0 Å². The van der Waals surface area contributed by atoms with Crippen molar-refractivity contribution >= 4 is 18.7 Å². The van der Waals surface area contributed by atoms with Gasteiger partial charge in [-0.25, -0.2) is 4.79 Å². The van der Waals surface area contributed by atoms with E-state index in [9.17, 15) is 4.79 Å². The maximum atomic E-state index is 12.4. The summed E-state index contributed by atoms with van der Waals surface area (Å²) in [6.07, 6.45) is 5.46. The molecule has 1 spiro atoms. The van der Waals surface area contributed by atoms with Crippen LogP contribution in [0.5, 0.6) is 0 Å². The molecule has 1 unspecified atom stereocenters. The number of rotatable bonds is 2. The molecule has 0 bridgehead atoms. The highest BCUT2D eigenvalue weighted by atomic mass is 32.1. The van der Waals surface area contributed by atoms with Crippen LogP contribution >= 0.6 is 12.6 Å². The van der Waals surface area contributed by atoms with Gasteiger partial charge < -0.3 is 9.64 Å². The third-order valence-corrected chi connectivity index (χ3v) is 4.89. The molecule has 1 saturated heterocycles. The Morgan fingerprint density at radius 3 is 2.70 bits per heavy atom. The highest BCUT2D eigenvalue weighted by Crippen LogP contribution is 2.44. The highest BCUT2D eigenvalue weighted by Gasteiger charge is 2.49. The van der Waals surface area contributed by atoms with Gasteiger partial charge in [0.05, 0.1) is 0 Å². The third-order valence-electron chi connectivity index (χ3n) is 4.54. The van der Waals surface area contributed by atoms with Crippen molar-refractivity contribution in [3.63, 3.8) is 0 Å². The van der Waals surface area contributed by atoms with Crippen molar-refractivity contribution in [3.05, 3.63) is 35.9 Å². The van der Waals surface area contributed by atoms with Crippen LogP contribution in [0.3, 0.4) is 0 Å². The molecular formula is C16H21NO2S. The summed E-state index contributed by atoms with van der Waals surface area (Å²) in [7, 11) is 0. The molecule has 20 heavy (non-hydrogen) atoms. The van der Waals surface area contributed by atoms with Gasteiger partial charge in [-0.05, 0) is 24.8 Å². The number of thiol groups is 1. The first kappa shape index (κ1) is 13.8. The lowest BCUT2D eigenvalue weighted by Crippen LogP contribution is -2.45. The van der Waals surface area contributed by atoms with Gasteiger partial charge in [-0.2, -0.15) is 12.6 Å². The predicted octanol–water partition coefficient (Wildman–Crippen LogP) is 3.64. The Hall–Kier alpha value is -1.16. The summed E-state index contributed by atoms with van der Waals surface area (Å²) in [6, 6.07) is 9.83. The van der Waals surface area contributed by atoms with Crippen molar-refractivity contribution in [2.45, 2.75) is 49.5 Å². The van der Waals surface area contributed by atoms with E-state index in [0.717, 1.165) is 31.4 Å². The number of carbonyl (C=O) groups excluding carboxylic acids is 1. The van der Waals surface area contributed by atoms with E-state index in [4.69, 9.17) is 4.74 Å². The summed E-state index contributed by atoms with van der Waals surface area (Å²) >= 11 is 4.58. The smallest absolute Gasteiger partial charge is 0.410 e. The molecule has 1 atom stereocenters. The summed E-state index contributed by atoms with van der Waals surface area (Å²) < 4.78 is 5.50. The normalized spacial score (nSPS) is 24.2. The number of amides is 1. The fourth-order valence-corrected chi connectivity index (χ4v) is 4.09. The molecule has 1 heterocycles. The van der Waals surface area contributed by atoms with Gasteiger partial charge in [-0.3, -0.25) is 0 Å². The minimum atomic E-state index is -0.174. The fraction of sp³-hybridized carbons (Fsp3) is 0.562. The van der Waals surface area contributed by atoms with Gasteiger partial charge in [0.25, 0.3) is 0 Å². The zero-order valence-electron chi connectivity index (χ0n) is 11.6. The van der Waals surface area contributed by atoms with E-state index in [2.05, 4.69) is 12.6 Å². The van der Waals surface area contributed by atoms with Gasteiger partial charge in [0.15, 0.2) is 0 Å². The lowest BCUT2D eigenvalue weighted by Gasteiger charge is -2.34. The molecule has 108 valence electrons. The number of carbonyl (C=O) groups is 1. The number of ether oxygens (including phenoxy) is 1. The van der Waals surface area contributed by atoms with Crippen molar-refractivity contribution in [2.24, 2.45) is 0 Å². The molecule has 1 saturated carbocycles. The van der Waals surface area contributed by atoms with Gasteiger partial charge in [0.2, 0.25) is 0 Å². The molecular weight excluding hydrogens is 270 g/mol. The average molecular weight is 291 g/mol. The molecule has 2 fully saturated rings. The van der Waals surface area contributed by atoms with Crippen molar-refractivity contribution < 1.29 is 9.53 Å². The molecule has 0 aromatic heterocycles. The number of hydrogen-bond acceptors (Lipinski definition) is 3. The number of hydrogen-bond donors (Lipinski definition) is 1. The molecule has 0 radical (unpaired) electrons. The lowest BCUT2D eigenvalue weighted by atomic mass is 9.94. The Balaban J connectivity index is 1.64. The van der Waals surface area contributed by atoms with E-state index in [1.165, 1.54) is 12.8 Å².